The molecule has 0 spiro atoms. The van der Waals surface area contributed by atoms with Crippen molar-refractivity contribution in [1.29, 1.82) is 0 Å². The molecule has 0 amide bonds. The van der Waals surface area contributed by atoms with E-state index in [1.165, 1.54) is 6.92 Å². The summed E-state index contributed by atoms with van der Waals surface area (Å²) in [6.45, 7) is 6.46. The molecular weight excluding hydrogens is 190 g/mol. The minimum Gasteiger partial charge on any atom is -0.545 e. The Kier molecular flexibility index (Phi) is 6.90. The molecule has 4 heteroatoms. The van der Waals surface area contributed by atoms with E-state index in [0.717, 1.165) is 4.48 Å². The van der Waals surface area contributed by atoms with E-state index >= 15 is 0 Å². The van der Waals surface area contributed by atoms with E-state index in [1.54, 1.807) is 0 Å². The lowest BCUT2D eigenvalue weighted by Gasteiger charge is -2.26. The first-order chi connectivity index (χ1) is 5.59. The molecule has 0 heterocycles. The van der Waals surface area contributed by atoms with Crippen molar-refractivity contribution in [3.05, 3.63) is 12.2 Å². The third kappa shape index (κ3) is 11.5. The SMILES string of the molecule is C=C(C)C(=O)[O-].CC(Cl)[N+](C)(C)C. The van der Waals surface area contributed by atoms with Crippen molar-refractivity contribution in [2.24, 2.45) is 0 Å². The van der Waals surface area contributed by atoms with Crippen LogP contribution in [0.25, 0.3) is 0 Å². The second-order valence-corrected chi connectivity index (χ2v) is 4.39. The van der Waals surface area contributed by atoms with Gasteiger partial charge in [0.05, 0.1) is 27.1 Å². The first kappa shape index (κ1) is 15.0. The summed E-state index contributed by atoms with van der Waals surface area (Å²) in [5.41, 5.74) is 0.273. The normalized spacial score (nSPS) is 12.5. The average molecular weight is 208 g/mol. The number of hydrogen-bond donors (Lipinski definition) is 0. The Bertz CT molecular complexity index is 171. The fraction of sp³-hybridized carbons (Fsp3) is 0.667. The molecule has 0 aromatic heterocycles. The number of carboxylic acids is 1. The molecule has 78 valence electrons. The van der Waals surface area contributed by atoms with E-state index in [9.17, 15) is 9.90 Å². The van der Waals surface area contributed by atoms with E-state index < -0.39 is 5.97 Å². The van der Waals surface area contributed by atoms with E-state index in [1.807, 2.05) is 6.92 Å². The minimum atomic E-state index is -1.19. The lowest BCUT2D eigenvalue weighted by Crippen LogP contribution is -2.39. The summed E-state index contributed by atoms with van der Waals surface area (Å²) in [5.74, 6) is -1.19. The van der Waals surface area contributed by atoms with Gasteiger partial charge in [-0.15, -0.1) is 0 Å². The highest BCUT2D eigenvalue weighted by molar-refractivity contribution is 6.19. The quantitative estimate of drug-likeness (QED) is 0.288. The summed E-state index contributed by atoms with van der Waals surface area (Å²) in [6, 6.07) is 0. The monoisotopic (exact) mass is 207 g/mol. The number of nitrogens with zero attached hydrogens (tertiary/aromatic N) is 1. The smallest absolute Gasteiger partial charge is 0.161 e. The van der Waals surface area contributed by atoms with Gasteiger partial charge in [-0.2, -0.15) is 0 Å². The van der Waals surface area contributed by atoms with Crippen LogP contribution in [0.1, 0.15) is 13.8 Å². The molecule has 1 atom stereocenters. The summed E-state index contributed by atoms with van der Waals surface area (Å²) in [4.78, 5) is 9.49. The van der Waals surface area contributed by atoms with Gasteiger partial charge in [0, 0.05) is 6.92 Å². The molecule has 0 fully saturated rings. The van der Waals surface area contributed by atoms with Crippen molar-refractivity contribution < 1.29 is 14.4 Å². The van der Waals surface area contributed by atoms with Crippen LogP contribution in [-0.2, 0) is 4.79 Å². The van der Waals surface area contributed by atoms with Gasteiger partial charge in [-0.1, -0.05) is 18.2 Å². The van der Waals surface area contributed by atoms with Crippen LogP contribution >= 0.6 is 11.6 Å². The van der Waals surface area contributed by atoms with Crippen molar-refractivity contribution >= 4 is 17.6 Å². The largest absolute Gasteiger partial charge is 0.545 e. The second kappa shape index (κ2) is 6.00. The summed E-state index contributed by atoms with van der Waals surface area (Å²) in [6.07, 6.45) is 0. The van der Waals surface area contributed by atoms with Gasteiger partial charge in [-0.05, 0) is 12.5 Å². The molecular formula is C9H18ClNO2. The predicted molar refractivity (Wildman–Crippen MR) is 53.2 cm³/mol. The maximum atomic E-state index is 9.49. The Morgan fingerprint density at radius 2 is 1.62 bits per heavy atom. The van der Waals surface area contributed by atoms with Crippen molar-refractivity contribution in [3.8, 4) is 0 Å². The van der Waals surface area contributed by atoms with Gasteiger partial charge in [0.1, 0.15) is 0 Å². The topological polar surface area (TPSA) is 40.1 Å². The minimum absolute atomic E-state index is 0.0648. The molecule has 0 aliphatic rings. The second-order valence-electron chi connectivity index (χ2n) is 3.76. The van der Waals surface area contributed by atoms with E-state index in [0.29, 0.717) is 0 Å². The molecule has 0 bridgehead atoms. The Morgan fingerprint density at radius 3 is 1.62 bits per heavy atom. The maximum absolute atomic E-state index is 9.49. The van der Waals surface area contributed by atoms with Crippen molar-refractivity contribution in [3.63, 3.8) is 0 Å². The van der Waals surface area contributed by atoms with Crippen LogP contribution in [0.5, 0.6) is 0 Å². The van der Waals surface area contributed by atoms with Crippen LogP contribution < -0.4 is 5.11 Å². The van der Waals surface area contributed by atoms with Crippen LogP contribution in [-0.4, -0.2) is 37.1 Å². The number of carbonyl (C=O) groups is 1. The van der Waals surface area contributed by atoms with Gasteiger partial charge in [0.25, 0.3) is 0 Å². The third-order valence-electron chi connectivity index (χ3n) is 1.42. The maximum Gasteiger partial charge on any atom is 0.161 e. The Morgan fingerprint density at radius 1 is 1.46 bits per heavy atom. The highest BCUT2D eigenvalue weighted by Crippen LogP contribution is 2.04. The number of halogens is 1. The van der Waals surface area contributed by atoms with Gasteiger partial charge in [0.2, 0.25) is 0 Å². The molecule has 0 saturated heterocycles. The van der Waals surface area contributed by atoms with Crippen LogP contribution in [0, 0.1) is 0 Å². The molecule has 0 aromatic rings. The van der Waals surface area contributed by atoms with Crippen LogP contribution in [0.15, 0.2) is 12.2 Å². The van der Waals surface area contributed by atoms with Gasteiger partial charge in [-0.3, -0.25) is 0 Å². The number of rotatable bonds is 2. The van der Waals surface area contributed by atoms with E-state index in [4.69, 9.17) is 11.6 Å². The van der Waals surface area contributed by atoms with Crippen LogP contribution in [0.4, 0.5) is 0 Å². The fourth-order valence-corrected chi connectivity index (χ4v) is 0. The summed E-state index contributed by atoms with van der Waals surface area (Å²) in [7, 11) is 6.20. The molecule has 0 aliphatic carbocycles. The zero-order valence-electron chi connectivity index (χ0n) is 8.93. The Balaban J connectivity index is 0. The number of hydrogen-bond acceptors (Lipinski definition) is 2. The Labute approximate surface area is 85.2 Å². The lowest BCUT2D eigenvalue weighted by molar-refractivity contribution is -0.880. The summed E-state index contributed by atoms with van der Waals surface area (Å²) in [5, 5.41) is 9.49. The first-order valence-corrected chi connectivity index (χ1v) is 4.34. The van der Waals surface area contributed by atoms with E-state index in [2.05, 4.69) is 27.7 Å². The van der Waals surface area contributed by atoms with Crippen LogP contribution in [0.2, 0.25) is 0 Å². The van der Waals surface area contributed by atoms with Gasteiger partial charge in [0.15, 0.2) is 5.50 Å². The van der Waals surface area contributed by atoms with Gasteiger partial charge >= 0.3 is 0 Å². The summed E-state index contributed by atoms with van der Waals surface area (Å²) < 4.78 is 0.821. The Hall–Kier alpha value is -0.540. The molecule has 0 N–H and O–H groups in total. The molecule has 3 nitrogen and oxygen atoms in total. The molecule has 1 unspecified atom stereocenters. The predicted octanol–water partition coefficient (Wildman–Crippen LogP) is 0.590. The number of alkyl halides is 1. The molecule has 0 saturated carbocycles. The standard InChI is InChI=1S/C5H13ClN.C4H6O2/c1-5(6)7(2,3)4;1-3(2)4(5)6/h5H,1-4H3;1H2,2H3,(H,5,6)/q+1;/p-1. The van der Waals surface area contributed by atoms with E-state index in [-0.39, 0.29) is 11.1 Å². The first-order valence-electron chi connectivity index (χ1n) is 3.91. The zero-order valence-corrected chi connectivity index (χ0v) is 9.68. The molecule has 0 rings (SSSR count). The number of quaternary nitrogens is 1. The van der Waals surface area contributed by atoms with Crippen molar-refractivity contribution in [2.45, 2.75) is 19.3 Å². The lowest BCUT2D eigenvalue weighted by atomic mass is 10.4. The number of aliphatic carboxylic acids is 1. The van der Waals surface area contributed by atoms with Crippen molar-refractivity contribution in [2.75, 3.05) is 21.1 Å². The van der Waals surface area contributed by atoms with Crippen molar-refractivity contribution in [1.82, 2.24) is 0 Å². The highest BCUT2D eigenvalue weighted by Gasteiger charge is 2.12. The molecule has 13 heavy (non-hydrogen) atoms. The molecule has 0 aliphatic heterocycles. The van der Waals surface area contributed by atoms with Gasteiger partial charge in [-0.25, -0.2) is 0 Å². The molecule has 0 aromatic carbocycles. The summed E-state index contributed by atoms with van der Waals surface area (Å²) >= 11 is 5.73. The third-order valence-corrected chi connectivity index (χ3v) is 2.00. The zero-order chi connectivity index (χ0) is 11.2. The highest BCUT2D eigenvalue weighted by atomic mass is 35.5. The van der Waals surface area contributed by atoms with Gasteiger partial charge < -0.3 is 14.4 Å². The number of carbonyl (C=O) groups excluding carboxylic acids is 1. The number of carboxylic acid groups (broad SMARTS) is 1. The molecule has 0 radical (unpaired) electrons. The van der Waals surface area contributed by atoms with Crippen LogP contribution in [0.3, 0.4) is 0 Å². The fourth-order valence-electron chi connectivity index (χ4n) is 0. The average Bonchev–Trinajstić information content (AvgIpc) is 1.86.